The SMILES string of the molecule is O=C(CCN1CCCC1)N1CCC[C@@H](c2nccn2Cc2ccncc2)C1. The Balaban J connectivity index is 1.37. The molecule has 6 nitrogen and oxygen atoms in total. The van der Waals surface area contributed by atoms with Gasteiger partial charge in [0.25, 0.3) is 0 Å². The van der Waals surface area contributed by atoms with Gasteiger partial charge in [-0.15, -0.1) is 0 Å². The van der Waals surface area contributed by atoms with E-state index in [4.69, 9.17) is 0 Å². The number of rotatable bonds is 6. The molecule has 0 N–H and O–H groups in total. The average molecular weight is 367 g/mol. The van der Waals surface area contributed by atoms with Gasteiger partial charge in [0.05, 0.1) is 0 Å². The maximum Gasteiger partial charge on any atom is 0.223 e. The van der Waals surface area contributed by atoms with E-state index in [0.29, 0.717) is 18.2 Å². The maximum atomic E-state index is 12.7. The van der Waals surface area contributed by atoms with Crippen molar-refractivity contribution in [2.75, 3.05) is 32.7 Å². The molecule has 4 heterocycles. The summed E-state index contributed by atoms with van der Waals surface area (Å²) in [5, 5.41) is 0. The Bertz CT molecular complexity index is 738. The Kier molecular flexibility index (Phi) is 5.82. The molecule has 2 aliphatic heterocycles. The number of likely N-dealkylation sites (tertiary alicyclic amines) is 2. The Morgan fingerprint density at radius 1 is 1.07 bits per heavy atom. The van der Waals surface area contributed by atoms with Crippen molar-refractivity contribution in [3.63, 3.8) is 0 Å². The van der Waals surface area contributed by atoms with Gasteiger partial charge in [0.1, 0.15) is 5.82 Å². The van der Waals surface area contributed by atoms with Gasteiger partial charge in [-0.05, 0) is 56.5 Å². The predicted molar refractivity (Wildman–Crippen MR) is 104 cm³/mol. The van der Waals surface area contributed by atoms with Crippen LogP contribution in [0.4, 0.5) is 0 Å². The summed E-state index contributed by atoms with van der Waals surface area (Å²) in [4.78, 5) is 25.9. The molecule has 2 saturated heterocycles. The zero-order valence-corrected chi connectivity index (χ0v) is 16.0. The van der Waals surface area contributed by atoms with E-state index >= 15 is 0 Å². The van der Waals surface area contributed by atoms with Gasteiger partial charge in [0.2, 0.25) is 5.91 Å². The van der Waals surface area contributed by atoms with Crippen molar-refractivity contribution in [3.8, 4) is 0 Å². The maximum absolute atomic E-state index is 12.7. The number of imidazole rings is 1. The van der Waals surface area contributed by atoms with Crippen molar-refractivity contribution in [1.29, 1.82) is 0 Å². The minimum atomic E-state index is 0.304. The molecule has 2 fully saturated rings. The predicted octanol–water partition coefficient (Wildman–Crippen LogP) is 2.52. The number of piperidine rings is 1. The smallest absolute Gasteiger partial charge is 0.223 e. The van der Waals surface area contributed by atoms with E-state index in [1.165, 1.54) is 18.4 Å². The van der Waals surface area contributed by atoms with E-state index in [2.05, 4.69) is 24.3 Å². The van der Waals surface area contributed by atoms with Gasteiger partial charge in [-0.25, -0.2) is 4.98 Å². The van der Waals surface area contributed by atoms with Crippen LogP contribution in [-0.2, 0) is 11.3 Å². The van der Waals surface area contributed by atoms with Crippen LogP contribution in [0.1, 0.15) is 49.4 Å². The molecular weight excluding hydrogens is 338 g/mol. The van der Waals surface area contributed by atoms with E-state index in [1.807, 2.05) is 36.9 Å². The molecule has 27 heavy (non-hydrogen) atoms. The summed E-state index contributed by atoms with van der Waals surface area (Å²) >= 11 is 0. The van der Waals surface area contributed by atoms with E-state index in [-0.39, 0.29) is 0 Å². The Hall–Kier alpha value is -2.21. The zero-order valence-electron chi connectivity index (χ0n) is 16.0. The van der Waals surface area contributed by atoms with Crippen molar-refractivity contribution >= 4 is 5.91 Å². The molecule has 0 radical (unpaired) electrons. The molecule has 2 aliphatic rings. The number of carbonyl (C=O) groups is 1. The highest BCUT2D eigenvalue weighted by Crippen LogP contribution is 2.26. The molecule has 0 aliphatic carbocycles. The standard InChI is InChI=1S/C21H29N5O/c27-20(7-14-24-11-1-2-12-24)25-13-3-4-19(17-25)21-23-10-15-26(21)16-18-5-8-22-9-6-18/h5-6,8-10,15,19H,1-4,7,11-14,16-17H2/t19-/m1/s1. The third-order valence-electron chi connectivity index (χ3n) is 5.83. The lowest BCUT2D eigenvalue weighted by Gasteiger charge is -2.33. The molecule has 1 atom stereocenters. The normalized spacial score (nSPS) is 20.9. The van der Waals surface area contributed by atoms with Crippen LogP contribution in [0.25, 0.3) is 0 Å². The molecule has 4 rings (SSSR count). The Morgan fingerprint density at radius 2 is 1.89 bits per heavy atom. The number of carbonyl (C=O) groups excluding carboxylic acids is 1. The summed E-state index contributed by atoms with van der Waals surface area (Å²) in [5.41, 5.74) is 1.22. The zero-order chi connectivity index (χ0) is 18.5. The van der Waals surface area contributed by atoms with Crippen molar-refractivity contribution in [1.82, 2.24) is 24.3 Å². The van der Waals surface area contributed by atoms with E-state index in [1.54, 1.807) is 0 Å². The van der Waals surface area contributed by atoms with Crippen molar-refractivity contribution in [2.45, 2.75) is 44.6 Å². The molecule has 144 valence electrons. The minimum absolute atomic E-state index is 0.304. The molecule has 0 aromatic carbocycles. The Labute approximate surface area is 161 Å². The van der Waals surface area contributed by atoms with Crippen LogP contribution in [0.15, 0.2) is 36.9 Å². The molecule has 0 unspecified atom stereocenters. The van der Waals surface area contributed by atoms with Gasteiger partial charge < -0.3 is 14.4 Å². The summed E-state index contributed by atoms with van der Waals surface area (Å²) < 4.78 is 2.22. The first-order valence-electron chi connectivity index (χ1n) is 10.2. The highest BCUT2D eigenvalue weighted by molar-refractivity contribution is 5.76. The monoisotopic (exact) mass is 367 g/mol. The van der Waals surface area contributed by atoms with E-state index in [0.717, 1.165) is 57.9 Å². The minimum Gasteiger partial charge on any atom is -0.342 e. The highest BCUT2D eigenvalue weighted by Gasteiger charge is 2.27. The number of pyridine rings is 1. The molecule has 0 saturated carbocycles. The third kappa shape index (κ3) is 4.56. The van der Waals surface area contributed by atoms with Gasteiger partial charge >= 0.3 is 0 Å². The van der Waals surface area contributed by atoms with Gasteiger partial charge in [0, 0.05) is 63.3 Å². The molecule has 2 aromatic rings. The lowest BCUT2D eigenvalue weighted by atomic mass is 9.96. The second kappa shape index (κ2) is 8.65. The number of nitrogens with zero attached hydrogens (tertiary/aromatic N) is 5. The topological polar surface area (TPSA) is 54.3 Å². The molecule has 2 aromatic heterocycles. The van der Waals surface area contributed by atoms with Gasteiger partial charge in [-0.1, -0.05) is 0 Å². The summed E-state index contributed by atoms with van der Waals surface area (Å²) in [5.74, 6) is 1.73. The second-order valence-corrected chi connectivity index (χ2v) is 7.75. The van der Waals surface area contributed by atoms with Gasteiger partial charge in [0.15, 0.2) is 0 Å². The number of aromatic nitrogens is 3. The van der Waals surface area contributed by atoms with Crippen LogP contribution in [0, 0.1) is 0 Å². The summed E-state index contributed by atoms with van der Waals surface area (Å²) in [6, 6.07) is 4.08. The van der Waals surface area contributed by atoms with Crippen LogP contribution in [0.5, 0.6) is 0 Å². The average Bonchev–Trinajstić information content (AvgIpc) is 3.39. The first kappa shape index (κ1) is 18.2. The van der Waals surface area contributed by atoms with Crippen molar-refractivity contribution in [3.05, 3.63) is 48.3 Å². The van der Waals surface area contributed by atoms with E-state index in [9.17, 15) is 4.79 Å². The molecular formula is C21H29N5O. The quantitative estimate of drug-likeness (QED) is 0.787. The first-order valence-corrected chi connectivity index (χ1v) is 10.2. The third-order valence-corrected chi connectivity index (χ3v) is 5.83. The highest BCUT2D eigenvalue weighted by atomic mass is 16.2. The fourth-order valence-electron chi connectivity index (χ4n) is 4.33. The van der Waals surface area contributed by atoms with Crippen molar-refractivity contribution in [2.24, 2.45) is 0 Å². The molecule has 6 heteroatoms. The fraction of sp³-hybridized carbons (Fsp3) is 0.571. The summed E-state index contributed by atoms with van der Waals surface area (Å²) in [6.45, 7) is 5.71. The number of hydrogen-bond donors (Lipinski definition) is 0. The molecule has 1 amide bonds. The largest absolute Gasteiger partial charge is 0.342 e. The van der Waals surface area contributed by atoms with Crippen molar-refractivity contribution < 1.29 is 4.79 Å². The van der Waals surface area contributed by atoms with Crippen LogP contribution >= 0.6 is 0 Å². The van der Waals surface area contributed by atoms with Crippen LogP contribution in [-0.4, -0.2) is 63.0 Å². The summed E-state index contributed by atoms with van der Waals surface area (Å²) in [7, 11) is 0. The lowest BCUT2D eigenvalue weighted by molar-refractivity contribution is -0.132. The lowest BCUT2D eigenvalue weighted by Crippen LogP contribution is -2.41. The fourth-order valence-corrected chi connectivity index (χ4v) is 4.33. The number of amides is 1. The van der Waals surface area contributed by atoms with E-state index < -0.39 is 0 Å². The Morgan fingerprint density at radius 3 is 2.70 bits per heavy atom. The molecule has 0 spiro atoms. The second-order valence-electron chi connectivity index (χ2n) is 7.75. The van der Waals surface area contributed by atoms with Gasteiger partial charge in [-0.2, -0.15) is 0 Å². The van der Waals surface area contributed by atoms with Crippen LogP contribution < -0.4 is 0 Å². The first-order chi connectivity index (χ1) is 13.3. The van der Waals surface area contributed by atoms with Gasteiger partial charge in [-0.3, -0.25) is 9.78 Å². The van der Waals surface area contributed by atoms with Crippen LogP contribution in [0.2, 0.25) is 0 Å². The van der Waals surface area contributed by atoms with Crippen LogP contribution in [0.3, 0.4) is 0 Å². The number of hydrogen-bond acceptors (Lipinski definition) is 4. The molecule has 0 bridgehead atoms. The summed E-state index contributed by atoms with van der Waals surface area (Å²) in [6.07, 6.45) is 12.9.